The summed E-state index contributed by atoms with van der Waals surface area (Å²) in [4.78, 5) is 0. The third kappa shape index (κ3) is 2050. The first kappa shape index (κ1) is 22.4. The normalized spacial score (nSPS) is 4.55. The van der Waals surface area contributed by atoms with E-state index in [2.05, 4.69) is 27.7 Å². The van der Waals surface area contributed by atoms with Crippen LogP contribution in [0.15, 0.2) is 0 Å². The fourth-order valence-corrected chi connectivity index (χ4v) is 0. The average molecular weight is 159 g/mol. The van der Waals surface area contributed by atoms with Gasteiger partial charge in [-0.2, -0.15) is 5.26 Å². The third-order valence-corrected chi connectivity index (χ3v) is 0. The molecule has 0 unspecified atom stereocenters. The van der Waals surface area contributed by atoms with Crippen molar-refractivity contribution in [2.24, 2.45) is 0 Å². The van der Waals surface area contributed by atoms with Gasteiger partial charge in [0.05, 0.1) is 6.07 Å². The second-order valence-electron chi connectivity index (χ2n) is 1.64. The van der Waals surface area contributed by atoms with E-state index in [0.29, 0.717) is 0 Å². The first-order valence-corrected chi connectivity index (χ1v) is 4.55. The highest BCUT2D eigenvalue weighted by atomic mass is 14.2. The van der Waals surface area contributed by atoms with Crippen LogP contribution in [0.3, 0.4) is 0 Å². The van der Waals surface area contributed by atoms with Gasteiger partial charge >= 0.3 is 0 Å². The smallest absolute Gasteiger partial charge is 0.0587 e. The van der Waals surface area contributed by atoms with Crippen molar-refractivity contribution in [1.29, 1.82) is 5.26 Å². The van der Waals surface area contributed by atoms with Crippen LogP contribution in [0.2, 0.25) is 0 Å². The highest BCUT2D eigenvalue weighted by Gasteiger charge is 1.36. The predicted molar refractivity (Wildman–Crippen MR) is 54.6 cm³/mol. The number of nitrogens with zero attached hydrogens (tertiary/aromatic N) is 1. The molecule has 11 heavy (non-hydrogen) atoms. The van der Waals surface area contributed by atoms with Gasteiger partial charge in [0.25, 0.3) is 0 Å². The van der Waals surface area contributed by atoms with Crippen LogP contribution in [0.25, 0.3) is 0 Å². The quantitative estimate of drug-likeness (QED) is 0.514. The zero-order valence-electron chi connectivity index (χ0n) is 9.36. The summed E-state index contributed by atoms with van der Waals surface area (Å²) in [5, 5.41) is 7.32. The molecule has 0 fully saturated rings. The van der Waals surface area contributed by atoms with E-state index in [1.807, 2.05) is 13.8 Å². The fourth-order valence-electron chi connectivity index (χ4n) is 0. The molecule has 1 heteroatoms. The molecule has 70 valence electrons. The largest absolute Gasteiger partial charge is 0.199 e. The van der Waals surface area contributed by atoms with Crippen LogP contribution in [0.1, 0.15) is 61.3 Å². The second-order valence-corrected chi connectivity index (χ2v) is 1.64. The summed E-state index contributed by atoms with van der Waals surface area (Å²) < 4.78 is 0. The summed E-state index contributed by atoms with van der Waals surface area (Å²) in [5.41, 5.74) is 0. The van der Waals surface area contributed by atoms with Crippen LogP contribution in [-0.4, -0.2) is 0 Å². The minimum absolute atomic E-state index is 1.25. The highest BCUT2D eigenvalue weighted by Crippen LogP contribution is 1.56. The van der Waals surface area contributed by atoms with Crippen molar-refractivity contribution in [3.63, 3.8) is 0 Å². The van der Waals surface area contributed by atoms with Gasteiger partial charge in [0.15, 0.2) is 0 Å². The maximum Gasteiger partial charge on any atom is 0.0587 e. The molecular formula is C10H25N. The van der Waals surface area contributed by atoms with Gasteiger partial charge in [0, 0.05) is 6.92 Å². The topological polar surface area (TPSA) is 23.8 Å². The van der Waals surface area contributed by atoms with Crippen molar-refractivity contribution < 1.29 is 0 Å². The van der Waals surface area contributed by atoms with Crippen molar-refractivity contribution in [2.75, 3.05) is 0 Å². The van der Waals surface area contributed by atoms with E-state index in [1.165, 1.54) is 19.8 Å². The van der Waals surface area contributed by atoms with Gasteiger partial charge in [0.1, 0.15) is 0 Å². The standard InChI is InChI=1S/2C3H8.C2H3N.C2H6/c2*1-3-2;1-2-3;1-2/h2*3H2,1-2H3;1H3;1-2H3. The molecule has 0 N–H and O–H groups in total. The third-order valence-electron chi connectivity index (χ3n) is 0. The Bertz CT molecular complexity index is 41.3. The first-order valence-electron chi connectivity index (χ1n) is 4.55. The molecule has 0 rings (SSSR count). The maximum atomic E-state index is 7.32. The van der Waals surface area contributed by atoms with Crippen molar-refractivity contribution in [3.8, 4) is 6.07 Å². The molecule has 0 heterocycles. The summed E-state index contributed by atoms with van der Waals surface area (Å²) in [7, 11) is 0. The Hall–Kier alpha value is -0.510. The summed E-state index contributed by atoms with van der Waals surface area (Å²) in [5.74, 6) is 0. The summed E-state index contributed by atoms with van der Waals surface area (Å²) in [6.07, 6.45) is 2.50. The van der Waals surface area contributed by atoms with Crippen molar-refractivity contribution >= 4 is 0 Å². The van der Waals surface area contributed by atoms with E-state index in [4.69, 9.17) is 5.26 Å². The lowest BCUT2D eigenvalue weighted by molar-refractivity contribution is 1.09. The Morgan fingerprint density at radius 3 is 0.909 bits per heavy atom. The van der Waals surface area contributed by atoms with Gasteiger partial charge in [0.2, 0.25) is 0 Å². The van der Waals surface area contributed by atoms with Crippen LogP contribution in [0, 0.1) is 11.3 Å². The first-order chi connectivity index (χ1) is 5.24. The van der Waals surface area contributed by atoms with Gasteiger partial charge in [-0.1, -0.05) is 54.4 Å². The van der Waals surface area contributed by atoms with Crippen LogP contribution in [-0.2, 0) is 0 Å². The van der Waals surface area contributed by atoms with Crippen LogP contribution < -0.4 is 0 Å². The minimum Gasteiger partial charge on any atom is -0.199 e. The molecule has 0 radical (unpaired) electrons. The van der Waals surface area contributed by atoms with E-state index in [-0.39, 0.29) is 0 Å². The zero-order valence-corrected chi connectivity index (χ0v) is 9.36. The van der Waals surface area contributed by atoms with Gasteiger partial charge in [-0.15, -0.1) is 0 Å². The lowest BCUT2D eigenvalue weighted by Crippen LogP contribution is -1.27. The fraction of sp³-hybridized carbons (Fsp3) is 0.900. The highest BCUT2D eigenvalue weighted by molar-refractivity contribution is 4.51. The Morgan fingerprint density at radius 2 is 0.909 bits per heavy atom. The van der Waals surface area contributed by atoms with E-state index >= 15 is 0 Å². The van der Waals surface area contributed by atoms with E-state index in [0.717, 1.165) is 0 Å². The van der Waals surface area contributed by atoms with Gasteiger partial charge in [-0.3, -0.25) is 0 Å². The Kier molecular flexibility index (Phi) is 225. The summed E-state index contributed by atoms with van der Waals surface area (Å²) in [6, 6.07) is 1.75. The van der Waals surface area contributed by atoms with Crippen molar-refractivity contribution in [3.05, 3.63) is 0 Å². The Morgan fingerprint density at radius 1 is 0.909 bits per heavy atom. The number of hydrogen-bond donors (Lipinski definition) is 0. The molecule has 0 bridgehead atoms. The average Bonchev–Trinajstić information content (AvgIpc) is 1.96. The van der Waals surface area contributed by atoms with Gasteiger partial charge in [-0.05, 0) is 0 Å². The number of hydrogen-bond acceptors (Lipinski definition) is 1. The molecule has 0 aliphatic carbocycles. The molecular weight excluding hydrogens is 134 g/mol. The second kappa shape index (κ2) is 110. The van der Waals surface area contributed by atoms with E-state index < -0.39 is 0 Å². The molecule has 0 aromatic rings. The maximum absolute atomic E-state index is 7.32. The minimum atomic E-state index is 1.25. The molecule has 0 saturated heterocycles. The summed E-state index contributed by atoms with van der Waals surface area (Å²) in [6.45, 7) is 13.9. The van der Waals surface area contributed by atoms with E-state index in [9.17, 15) is 0 Å². The molecule has 0 aromatic heterocycles. The molecule has 0 aromatic carbocycles. The SMILES string of the molecule is CC.CC#N.CCC.CCC. The molecule has 0 spiro atoms. The lowest BCUT2D eigenvalue weighted by Gasteiger charge is -1.48. The Labute approximate surface area is 73.4 Å². The van der Waals surface area contributed by atoms with Crippen molar-refractivity contribution in [2.45, 2.75) is 61.3 Å². The molecule has 0 atom stereocenters. The van der Waals surface area contributed by atoms with Gasteiger partial charge < -0.3 is 0 Å². The molecule has 1 nitrogen and oxygen atoms in total. The summed E-state index contributed by atoms with van der Waals surface area (Å²) >= 11 is 0. The van der Waals surface area contributed by atoms with E-state index in [1.54, 1.807) is 6.07 Å². The molecule has 0 aliphatic heterocycles. The number of nitriles is 1. The predicted octanol–water partition coefficient (Wildman–Crippen LogP) is 4.39. The number of rotatable bonds is 0. The van der Waals surface area contributed by atoms with Crippen LogP contribution >= 0.6 is 0 Å². The van der Waals surface area contributed by atoms with Crippen LogP contribution in [0.4, 0.5) is 0 Å². The van der Waals surface area contributed by atoms with Crippen LogP contribution in [0.5, 0.6) is 0 Å². The lowest BCUT2D eigenvalue weighted by atomic mass is 10.6. The van der Waals surface area contributed by atoms with Gasteiger partial charge in [-0.25, -0.2) is 0 Å². The molecule has 0 aliphatic rings. The molecule has 0 saturated carbocycles. The van der Waals surface area contributed by atoms with Crippen molar-refractivity contribution in [1.82, 2.24) is 0 Å². The monoisotopic (exact) mass is 159 g/mol. The zero-order chi connectivity index (χ0) is 10.1. The molecule has 0 amide bonds. The Balaban J connectivity index is -0.0000000301.